The number of likely N-dealkylation sites (N-methyl/N-ethyl adjacent to an activating group) is 1. The number of nitrogen functional groups attached to an aromatic ring is 1. The van der Waals surface area contributed by atoms with Gasteiger partial charge < -0.3 is 25.6 Å². The Bertz CT molecular complexity index is 921. The van der Waals surface area contributed by atoms with E-state index in [0.717, 1.165) is 24.8 Å². The maximum Gasteiger partial charge on any atom is 0.167 e. The molecule has 2 aliphatic rings. The van der Waals surface area contributed by atoms with E-state index in [2.05, 4.69) is 40.6 Å². The predicted molar refractivity (Wildman–Crippen MR) is 127 cm³/mol. The molecule has 2 aromatic rings. The molecule has 0 spiro atoms. The van der Waals surface area contributed by atoms with Crippen molar-refractivity contribution in [1.82, 2.24) is 24.4 Å². The Morgan fingerprint density at radius 2 is 1.85 bits per heavy atom. The van der Waals surface area contributed by atoms with Crippen LogP contribution in [0.3, 0.4) is 0 Å². The van der Waals surface area contributed by atoms with Crippen LogP contribution in [0.15, 0.2) is 12.7 Å². The fourth-order valence-corrected chi connectivity index (χ4v) is 5.53. The van der Waals surface area contributed by atoms with Gasteiger partial charge in [0.2, 0.25) is 0 Å². The van der Waals surface area contributed by atoms with Crippen molar-refractivity contribution in [2.75, 3.05) is 25.9 Å². The van der Waals surface area contributed by atoms with Gasteiger partial charge in [-0.3, -0.25) is 4.57 Å². The van der Waals surface area contributed by atoms with Crippen LogP contribution < -0.4 is 5.73 Å². The van der Waals surface area contributed by atoms with Crippen molar-refractivity contribution in [2.24, 2.45) is 17.3 Å². The summed E-state index contributed by atoms with van der Waals surface area (Å²) in [6.45, 7) is 8.60. The van der Waals surface area contributed by atoms with Gasteiger partial charge in [-0.15, -0.1) is 0 Å². The lowest BCUT2D eigenvalue weighted by Crippen LogP contribution is -2.39. The van der Waals surface area contributed by atoms with Crippen LogP contribution in [0.4, 0.5) is 5.82 Å². The first kappa shape index (κ1) is 24.3. The summed E-state index contributed by atoms with van der Waals surface area (Å²) in [7, 11) is 2.05. The van der Waals surface area contributed by atoms with Gasteiger partial charge in [-0.05, 0) is 56.5 Å². The molecule has 9 nitrogen and oxygen atoms in total. The zero-order chi connectivity index (χ0) is 23.8. The van der Waals surface area contributed by atoms with Gasteiger partial charge in [0.25, 0.3) is 0 Å². The van der Waals surface area contributed by atoms with Gasteiger partial charge in [0.1, 0.15) is 30.2 Å². The molecule has 33 heavy (non-hydrogen) atoms. The molecule has 1 aliphatic heterocycles. The molecule has 4 atom stereocenters. The van der Waals surface area contributed by atoms with Crippen molar-refractivity contribution in [1.29, 1.82) is 0 Å². The minimum Gasteiger partial charge on any atom is -0.387 e. The molecule has 2 fully saturated rings. The van der Waals surface area contributed by atoms with E-state index in [-0.39, 0.29) is 5.82 Å². The average molecular weight is 461 g/mol. The van der Waals surface area contributed by atoms with E-state index in [4.69, 9.17) is 10.5 Å². The Balaban J connectivity index is 1.26. The lowest BCUT2D eigenvalue weighted by atomic mass is 9.69. The SMILES string of the molecule is CN(CCCC1CCC(C(C)(C)C)CC1)C[C@H]1O[C@@H](n2cnc3c(N)ncnc32)[C@H](O)[C@@H]1O. The van der Waals surface area contributed by atoms with Crippen molar-refractivity contribution in [2.45, 2.75) is 83.8 Å². The average Bonchev–Trinajstić information content (AvgIpc) is 3.31. The van der Waals surface area contributed by atoms with Crippen LogP contribution in [-0.2, 0) is 4.74 Å². The molecule has 0 radical (unpaired) electrons. The van der Waals surface area contributed by atoms with E-state index in [1.165, 1.54) is 44.8 Å². The molecule has 0 bridgehead atoms. The summed E-state index contributed by atoms with van der Waals surface area (Å²) in [6, 6.07) is 0. The molecule has 9 heteroatoms. The maximum atomic E-state index is 10.6. The molecule has 4 rings (SSSR count). The number of nitrogens with two attached hydrogens (primary N) is 1. The maximum absolute atomic E-state index is 10.6. The molecular formula is C24H40N6O3. The molecular weight excluding hydrogens is 420 g/mol. The van der Waals surface area contributed by atoms with Crippen LogP contribution in [0.5, 0.6) is 0 Å². The number of aliphatic hydroxyl groups excluding tert-OH is 2. The highest BCUT2D eigenvalue weighted by atomic mass is 16.6. The number of aromatic nitrogens is 4. The summed E-state index contributed by atoms with van der Waals surface area (Å²) < 4.78 is 7.69. The second kappa shape index (κ2) is 9.82. The van der Waals surface area contributed by atoms with Gasteiger partial charge in [0.05, 0.1) is 6.33 Å². The number of hydrogen-bond acceptors (Lipinski definition) is 8. The smallest absolute Gasteiger partial charge is 0.167 e. The van der Waals surface area contributed by atoms with Crippen molar-refractivity contribution < 1.29 is 14.9 Å². The highest BCUT2D eigenvalue weighted by molar-refractivity contribution is 5.81. The molecule has 1 saturated heterocycles. The summed E-state index contributed by atoms with van der Waals surface area (Å²) >= 11 is 0. The molecule has 0 aromatic carbocycles. The number of nitrogens with zero attached hydrogens (tertiary/aromatic N) is 5. The topological polar surface area (TPSA) is 123 Å². The fourth-order valence-electron chi connectivity index (χ4n) is 5.53. The van der Waals surface area contributed by atoms with Gasteiger partial charge in [-0.2, -0.15) is 0 Å². The third-order valence-electron chi connectivity index (χ3n) is 7.71. The number of aliphatic hydroxyl groups is 2. The standard InChI is InChI=1S/C24H40N6O3/c1-24(2,3)16-9-7-15(8-10-16)6-5-11-29(4)12-17-19(31)20(32)23(33-17)30-14-28-18-21(25)26-13-27-22(18)30/h13-17,19-20,23,31-32H,5-12H2,1-4H3,(H2,25,26,27)/t15?,16?,17-,19-,20-,23-/m1/s1. The van der Waals surface area contributed by atoms with E-state index >= 15 is 0 Å². The van der Waals surface area contributed by atoms with Gasteiger partial charge in [0, 0.05) is 6.54 Å². The van der Waals surface area contributed by atoms with Crippen LogP contribution in [0.2, 0.25) is 0 Å². The molecule has 0 unspecified atom stereocenters. The summed E-state index contributed by atoms with van der Waals surface area (Å²) in [4.78, 5) is 14.6. The highest BCUT2D eigenvalue weighted by Crippen LogP contribution is 2.41. The molecule has 0 amide bonds. The van der Waals surface area contributed by atoms with Gasteiger partial charge >= 0.3 is 0 Å². The fraction of sp³-hybridized carbons (Fsp3) is 0.792. The van der Waals surface area contributed by atoms with Crippen LogP contribution in [0, 0.1) is 17.3 Å². The first-order chi connectivity index (χ1) is 15.6. The zero-order valence-electron chi connectivity index (χ0n) is 20.4. The number of ether oxygens (including phenoxy) is 1. The second-order valence-corrected chi connectivity index (χ2v) is 11.1. The third kappa shape index (κ3) is 5.31. The Hall–Kier alpha value is -1.81. The largest absolute Gasteiger partial charge is 0.387 e. The summed E-state index contributed by atoms with van der Waals surface area (Å²) in [5.41, 5.74) is 7.23. The van der Waals surface area contributed by atoms with Crippen LogP contribution >= 0.6 is 0 Å². The van der Waals surface area contributed by atoms with Crippen molar-refractivity contribution in [3.63, 3.8) is 0 Å². The quantitative estimate of drug-likeness (QED) is 0.576. The first-order valence-corrected chi connectivity index (χ1v) is 12.3. The van der Waals surface area contributed by atoms with Crippen LogP contribution in [0.1, 0.15) is 65.5 Å². The molecule has 1 aliphatic carbocycles. The lowest BCUT2D eigenvalue weighted by Gasteiger charge is -2.37. The van der Waals surface area contributed by atoms with Crippen LogP contribution in [0.25, 0.3) is 11.2 Å². The Labute approximate surface area is 196 Å². The predicted octanol–water partition coefficient (Wildman–Crippen LogP) is 2.59. The van der Waals surface area contributed by atoms with Gasteiger partial charge in [0.15, 0.2) is 17.7 Å². The Kier molecular flexibility index (Phi) is 7.23. The van der Waals surface area contributed by atoms with Gasteiger partial charge in [-0.1, -0.05) is 33.6 Å². The van der Waals surface area contributed by atoms with Crippen molar-refractivity contribution >= 4 is 17.0 Å². The van der Waals surface area contributed by atoms with E-state index < -0.39 is 24.5 Å². The lowest BCUT2D eigenvalue weighted by molar-refractivity contribution is -0.0423. The van der Waals surface area contributed by atoms with Gasteiger partial charge in [-0.25, -0.2) is 15.0 Å². The van der Waals surface area contributed by atoms with Crippen LogP contribution in [-0.4, -0.2) is 73.1 Å². The van der Waals surface area contributed by atoms with Crippen molar-refractivity contribution in [3.8, 4) is 0 Å². The molecule has 4 N–H and O–H groups in total. The van der Waals surface area contributed by atoms with E-state index in [1.54, 1.807) is 4.57 Å². The van der Waals surface area contributed by atoms with E-state index in [1.807, 2.05) is 7.05 Å². The monoisotopic (exact) mass is 460 g/mol. The number of fused-ring (bicyclic) bond motifs is 1. The normalized spacial score (nSPS) is 31.0. The van der Waals surface area contributed by atoms with E-state index in [0.29, 0.717) is 23.1 Å². The number of anilines is 1. The van der Waals surface area contributed by atoms with E-state index in [9.17, 15) is 10.2 Å². The number of rotatable bonds is 7. The Morgan fingerprint density at radius 3 is 2.55 bits per heavy atom. The van der Waals surface area contributed by atoms with Crippen molar-refractivity contribution in [3.05, 3.63) is 12.7 Å². The summed E-state index contributed by atoms with van der Waals surface area (Å²) in [5.74, 6) is 1.96. The first-order valence-electron chi connectivity index (χ1n) is 12.3. The summed E-state index contributed by atoms with van der Waals surface area (Å²) in [5, 5.41) is 21.3. The Morgan fingerprint density at radius 1 is 1.12 bits per heavy atom. The minimum absolute atomic E-state index is 0.273. The minimum atomic E-state index is -1.07. The zero-order valence-corrected chi connectivity index (χ0v) is 20.4. The number of imidazole rings is 1. The highest BCUT2D eigenvalue weighted by Gasteiger charge is 2.44. The number of hydrogen-bond donors (Lipinski definition) is 3. The molecule has 2 aromatic heterocycles. The molecule has 184 valence electrons. The second-order valence-electron chi connectivity index (χ2n) is 11.1. The molecule has 1 saturated carbocycles. The molecule has 3 heterocycles. The summed E-state index contributed by atoms with van der Waals surface area (Å²) in [6.07, 6.45) is 7.34. The third-order valence-corrected chi connectivity index (χ3v) is 7.71.